The highest BCUT2D eigenvalue weighted by Crippen LogP contribution is 2.50. The number of fused-ring (bicyclic) bond motifs is 4. The summed E-state index contributed by atoms with van der Waals surface area (Å²) in [5.41, 5.74) is 13.9. The SMILES string of the molecule is C=C1C(CC)=C([C@@](C)(CC)C(=C)C)C=C2c3nc4cc(C)c(C)cc4c(CC)c3CN12.CC. The van der Waals surface area contributed by atoms with Crippen molar-refractivity contribution in [3.05, 3.63) is 81.7 Å². The van der Waals surface area contributed by atoms with Crippen LogP contribution in [-0.4, -0.2) is 9.88 Å². The first kappa shape index (κ1) is 25.0. The van der Waals surface area contributed by atoms with Crippen molar-refractivity contribution in [2.75, 3.05) is 0 Å². The van der Waals surface area contributed by atoms with Gasteiger partial charge in [-0.2, -0.15) is 0 Å². The number of benzene rings is 1. The molecule has 2 aromatic rings. The van der Waals surface area contributed by atoms with Gasteiger partial charge in [0.05, 0.1) is 23.5 Å². The minimum Gasteiger partial charge on any atom is -0.335 e. The highest BCUT2D eigenvalue weighted by molar-refractivity contribution is 5.90. The van der Waals surface area contributed by atoms with E-state index in [0.717, 1.165) is 42.7 Å². The Bertz CT molecular complexity index is 1190. The monoisotopic (exact) mass is 442 g/mol. The van der Waals surface area contributed by atoms with Gasteiger partial charge in [0.25, 0.3) is 0 Å². The van der Waals surface area contributed by atoms with E-state index in [1.54, 1.807) is 0 Å². The van der Waals surface area contributed by atoms with Crippen LogP contribution in [0.3, 0.4) is 0 Å². The van der Waals surface area contributed by atoms with E-state index in [2.05, 4.69) is 84.7 Å². The Morgan fingerprint density at radius 1 is 1.09 bits per heavy atom. The predicted molar refractivity (Wildman–Crippen MR) is 145 cm³/mol. The van der Waals surface area contributed by atoms with Crippen LogP contribution in [0.1, 0.15) is 89.3 Å². The van der Waals surface area contributed by atoms with Crippen LogP contribution >= 0.6 is 0 Å². The van der Waals surface area contributed by atoms with E-state index in [1.165, 1.54) is 50.1 Å². The lowest BCUT2D eigenvalue weighted by Gasteiger charge is -2.38. The number of hydrogen-bond donors (Lipinski definition) is 0. The normalized spacial score (nSPS) is 16.7. The van der Waals surface area contributed by atoms with Crippen molar-refractivity contribution in [1.82, 2.24) is 9.88 Å². The van der Waals surface area contributed by atoms with E-state index < -0.39 is 0 Å². The summed E-state index contributed by atoms with van der Waals surface area (Å²) < 4.78 is 0. The lowest BCUT2D eigenvalue weighted by atomic mass is 9.70. The van der Waals surface area contributed by atoms with Gasteiger partial charge in [-0.3, -0.25) is 0 Å². The largest absolute Gasteiger partial charge is 0.335 e. The van der Waals surface area contributed by atoms with Crippen LogP contribution in [0.25, 0.3) is 16.6 Å². The number of pyridine rings is 1. The molecule has 0 spiro atoms. The van der Waals surface area contributed by atoms with Gasteiger partial charge in [-0.25, -0.2) is 4.98 Å². The fraction of sp³-hybridized carbons (Fsp3) is 0.452. The third-order valence-electron chi connectivity index (χ3n) is 7.90. The van der Waals surface area contributed by atoms with Crippen molar-refractivity contribution in [1.29, 1.82) is 0 Å². The summed E-state index contributed by atoms with van der Waals surface area (Å²) >= 11 is 0. The van der Waals surface area contributed by atoms with E-state index in [9.17, 15) is 0 Å². The summed E-state index contributed by atoms with van der Waals surface area (Å²) in [6.07, 6.45) is 5.41. The molecule has 0 aliphatic carbocycles. The maximum atomic E-state index is 5.23. The molecular weight excluding hydrogens is 400 g/mol. The van der Waals surface area contributed by atoms with Crippen LogP contribution in [0.5, 0.6) is 0 Å². The highest BCUT2D eigenvalue weighted by Gasteiger charge is 2.38. The second-order valence-corrected chi connectivity index (χ2v) is 9.50. The zero-order valence-electron chi connectivity index (χ0n) is 22.4. The van der Waals surface area contributed by atoms with E-state index in [0.29, 0.717) is 0 Å². The smallest absolute Gasteiger partial charge is 0.0927 e. The van der Waals surface area contributed by atoms with E-state index >= 15 is 0 Å². The Hall–Kier alpha value is -2.61. The van der Waals surface area contributed by atoms with Crippen LogP contribution in [0, 0.1) is 19.3 Å². The lowest BCUT2D eigenvalue weighted by molar-refractivity contribution is 0.447. The molecule has 0 fully saturated rings. The van der Waals surface area contributed by atoms with Crippen molar-refractivity contribution in [2.45, 2.75) is 88.1 Å². The van der Waals surface area contributed by atoms with Crippen molar-refractivity contribution in [2.24, 2.45) is 5.41 Å². The Balaban J connectivity index is 0.00000149. The van der Waals surface area contributed by atoms with Gasteiger partial charge in [-0.05, 0) is 86.1 Å². The lowest BCUT2D eigenvalue weighted by Crippen LogP contribution is -2.27. The summed E-state index contributed by atoms with van der Waals surface area (Å²) in [5, 5.41) is 1.31. The Morgan fingerprint density at radius 3 is 2.27 bits per heavy atom. The number of aryl methyl sites for hydroxylation is 3. The summed E-state index contributed by atoms with van der Waals surface area (Å²) in [7, 11) is 0. The third kappa shape index (κ3) is 3.78. The van der Waals surface area contributed by atoms with Gasteiger partial charge in [0.2, 0.25) is 0 Å². The van der Waals surface area contributed by atoms with Crippen LogP contribution in [0.15, 0.2) is 53.8 Å². The van der Waals surface area contributed by atoms with Crippen LogP contribution in [0.2, 0.25) is 0 Å². The zero-order valence-corrected chi connectivity index (χ0v) is 22.4. The molecule has 0 amide bonds. The molecule has 2 heteroatoms. The van der Waals surface area contributed by atoms with Crippen LogP contribution < -0.4 is 0 Å². The first-order chi connectivity index (χ1) is 15.7. The average molecular weight is 443 g/mol. The molecule has 2 nitrogen and oxygen atoms in total. The maximum Gasteiger partial charge on any atom is 0.0927 e. The third-order valence-corrected chi connectivity index (χ3v) is 7.90. The van der Waals surface area contributed by atoms with Gasteiger partial charge in [0.15, 0.2) is 0 Å². The van der Waals surface area contributed by atoms with E-state index in [1.807, 2.05) is 13.8 Å². The number of aromatic nitrogens is 1. The van der Waals surface area contributed by atoms with Gasteiger partial charge >= 0.3 is 0 Å². The molecule has 1 aromatic carbocycles. The second kappa shape index (κ2) is 9.33. The van der Waals surface area contributed by atoms with Gasteiger partial charge < -0.3 is 4.90 Å². The maximum absolute atomic E-state index is 5.23. The minimum atomic E-state index is -0.0612. The Morgan fingerprint density at radius 2 is 1.73 bits per heavy atom. The number of allylic oxidation sites excluding steroid dienone is 4. The molecule has 0 saturated heterocycles. The first-order valence-corrected chi connectivity index (χ1v) is 12.7. The van der Waals surface area contributed by atoms with E-state index in [4.69, 9.17) is 4.98 Å². The van der Waals surface area contributed by atoms with Crippen molar-refractivity contribution in [3.63, 3.8) is 0 Å². The van der Waals surface area contributed by atoms with Crippen molar-refractivity contribution < 1.29 is 0 Å². The summed E-state index contributed by atoms with van der Waals surface area (Å²) in [4.78, 5) is 7.62. The number of nitrogens with zero attached hydrogens (tertiary/aromatic N) is 2. The first-order valence-electron chi connectivity index (χ1n) is 12.7. The molecule has 33 heavy (non-hydrogen) atoms. The standard InChI is InChI=1S/C29H36N2.C2H6/c1-10-21-20(8)31-16-24-22(11-2)23-13-18(6)19(7)14-26(23)30-28(24)27(31)15-25(21)29(9,12-3)17(4)5;1-2/h13-15H,4,8,10-12,16H2,1-3,5-7,9H3;1-2H3/t29-;/m0./s1. The van der Waals surface area contributed by atoms with Crippen molar-refractivity contribution >= 4 is 16.6 Å². The molecular formula is C31H42N2. The average Bonchev–Trinajstić information content (AvgIpc) is 3.17. The van der Waals surface area contributed by atoms with Gasteiger partial charge in [-0.15, -0.1) is 0 Å². The molecule has 0 radical (unpaired) electrons. The molecule has 1 atom stereocenters. The topological polar surface area (TPSA) is 16.1 Å². The summed E-state index contributed by atoms with van der Waals surface area (Å²) in [6.45, 7) is 29.4. The molecule has 0 unspecified atom stereocenters. The van der Waals surface area contributed by atoms with Crippen LogP contribution in [0.4, 0.5) is 0 Å². The second-order valence-electron chi connectivity index (χ2n) is 9.50. The van der Waals surface area contributed by atoms with E-state index in [-0.39, 0.29) is 5.41 Å². The molecule has 4 rings (SSSR count). The fourth-order valence-electron chi connectivity index (χ4n) is 5.32. The van der Waals surface area contributed by atoms with Crippen molar-refractivity contribution in [3.8, 4) is 0 Å². The molecule has 2 aliphatic heterocycles. The highest BCUT2D eigenvalue weighted by atomic mass is 15.2. The molecule has 176 valence electrons. The minimum absolute atomic E-state index is 0.0612. The van der Waals surface area contributed by atoms with Gasteiger partial charge in [-0.1, -0.05) is 60.3 Å². The fourth-order valence-corrected chi connectivity index (χ4v) is 5.32. The quantitative estimate of drug-likeness (QED) is 0.430. The summed E-state index contributed by atoms with van der Waals surface area (Å²) in [5.74, 6) is 0. The van der Waals surface area contributed by atoms with Crippen LogP contribution in [-0.2, 0) is 13.0 Å². The molecule has 0 N–H and O–H groups in total. The number of rotatable bonds is 5. The Kier molecular flexibility index (Phi) is 7.07. The van der Waals surface area contributed by atoms with Gasteiger partial charge in [0.1, 0.15) is 0 Å². The Labute approximate surface area is 201 Å². The molecule has 3 heterocycles. The molecule has 0 saturated carbocycles. The zero-order chi connectivity index (χ0) is 24.7. The predicted octanol–water partition coefficient (Wildman–Crippen LogP) is 8.82. The molecule has 1 aromatic heterocycles. The molecule has 0 bridgehead atoms. The summed E-state index contributed by atoms with van der Waals surface area (Å²) in [6, 6.07) is 4.58. The molecule has 2 aliphatic rings. The number of hydrogen-bond acceptors (Lipinski definition) is 2. The van der Waals surface area contributed by atoms with Gasteiger partial charge in [0, 0.05) is 22.1 Å².